The van der Waals surface area contributed by atoms with E-state index in [2.05, 4.69) is 16.1 Å². The molecule has 0 saturated carbocycles. The molecule has 1 aromatic carbocycles. The van der Waals surface area contributed by atoms with Crippen molar-refractivity contribution in [2.24, 2.45) is 9.98 Å². The summed E-state index contributed by atoms with van der Waals surface area (Å²) >= 11 is 0. The van der Waals surface area contributed by atoms with Gasteiger partial charge in [-0.15, -0.1) is 0 Å². The topological polar surface area (TPSA) is 121 Å². The fourth-order valence-electron chi connectivity index (χ4n) is 3.72. The fourth-order valence-corrected chi connectivity index (χ4v) is 3.72. The van der Waals surface area contributed by atoms with E-state index in [1.165, 1.54) is 18.7 Å². The predicted molar refractivity (Wildman–Crippen MR) is 121 cm³/mol. The second kappa shape index (κ2) is 8.98. The van der Waals surface area contributed by atoms with Crippen LogP contribution in [0.15, 0.2) is 69.9 Å². The number of nitriles is 1. The number of amidine groups is 1. The number of fused-ring (bicyclic) bond motifs is 1. The molecule has 8 heteroatoms. The third kappa shape index (κ3) is 3.95. The molecule has 3 heterocycles. The number of aliphatic imine (C=N–C) groups is 1. The molecule has 0 unspecified atom stereocenters. The van der Waals surface area contributed by atoms with Crippen LogP contribution in [0.5, 0.6) is 0 Å². The van der Waals surface area contributed by atoms with Crippen molar-refractivity contribution in [2.75, 3.05) is 6.61 Å². The Morgan fingerprint density at radius 2 is 1.91 bits per heavy atom. The molecule has 4 rings (SSSR count). The van der Waals surface area contributed by atoms with E-state index in [1.54, 1.807) is 18.2 Å². The molecule has 0 amide bonds. The van der Waals surface area contributed by atoms with Gasteiger partial charge in [-0.3, -0.25) is 10.6 Å². The summed E-state index contributed by atoms with van der Waals surface area (Å²) in [5, 5.41) is 39.0. The van der Waals surface area contributed by atoms with Crippen LogP contribution < -0.4 is 10.8 Å². The highest BCUT2D eigenvalue weighted by Crippen LogP contribution is 2.22. The van der Waals surface area contributed by atoms with Gasteiger partial charge in [0.2, 0.25) is 0 Å². The van der Waals surface area contributed by atoms with Gasteiger partial charge in [0.05, 0.1) is 22.6 Å². The first-order chi connectivity index (χ1) is 15.5. The first-order valence-electron chi connectivity index (χ1n) is 10.1. The van der Waals surface area contributed by atoms with E-state index < -0.39 is 0 Å². The molecular weight excluding hydrogens is 404 g/mol. The number of nitrogens with one attached hydrogen (secondary N) is 1. The third-order valence-electron chi connectivity index (χ3n) is 5.29. The number of hydroxylamine groups is 2. The molecule has 32 heavy (non-hydrogen) atoms. The summed E-state index contributed by atoms with van der Waals surface area (Å²) in [4.78, 5) is 8.53. The molecule has 0 fully saturated rings. The highest BCUT2D eigenvalue weighted by Gasteiger charge is 2.22. The second-order valence-electron chi connectivity index (χ2n) is 7.41. The Balaban J connectivity index is 2.08. The standard InChI is InChI=1S/C24H22N6O2/c1-16-3-5-18(6-4-16)21-20(13-19(14-25)17-7-10-29(32)11-8-17)30(9-2-12-31)24-22(21)23(26)27-15-28-24/h3-8,10-11,13,15,26,31-32H,2,9,12H2,1H3. The Morgan fingerprint density at radius 3 is 2.56 bits per heavy atom. The maximum atomic E-state index is 9.90. The summed E-state index contributed by atoms with van der Waals surface area (Å²) in [7, 11) is 0. The van der Waals surface area contributed by atoms with Gasteiger partial charge in [-0.05, 0) is 42.7 Å². The van der Waals surface area contributed by atoms with Crippen molar-refractivity contribution in [1.82, 2.24) is 9.63 Å². The molecule has 0 saturated heterocycles. The molecule has 3 N–H and O–H groups in total. The first kappa shape index (κ1) is 21.2. The highest BCUT2D eigenvalue weighted by atomic mass is 16.5. The van der Waals surface area contributed by atoms with Crippen LogP contribution in [0, 0.1) is 23.7 Å². The smallest absolute Gasteiger partial charge is 0.158 e. The van der Waals surface area contributed by atoms with Crippen molar-refractivity contribution in [3.8, 4) is 17.2 Å². The minimum absolute atomic E-state index is 0.00179. The van der Waals surface area contributed by atoms with Crippen LogP contribution >= 0.6 is 0 Å². The lowest BCUT2D eigenvalue weighted by Crippen LogP contribution is -2.30. The third-order valence-corrected chi connectivity index (χ3v) is 5.29. The van der Waals surface area contributed by atoms with Crippen molar-refractivity contribution >= 4 is 18.3 Å². The van der Waals surface area contributed by atoms with Gasteiger partial charge in [-0.2, -0.15) is 5.26 Å². The number of aliphatic hydroxyl groups excluding tert-OH is 1. The predicted octanol–water partition coefficient (Wildman–Crippen LogP) is 2.17. The number of allylic oxidation sites excluding steroid dienone is 4. The monoisotopic (exact) mass is 426 g/mol. The maximum Gasteiger partial charge on any atom is 0.158 e. The Labute approximate surface area is 184 Å². The van der Waals surface area contributed by atoms with E-state index in [1.807, 2.05) is 35.8 Å². The zero-order chi connectivity index (χ0) is 22.7. The van der Waals surface area contributed by atoms with E-state index in [4.69, 9.17) is 5.41 Å². The summed E-state index contributed by atoms with van der Waals surface area (Å²) < 4.78 is 1.92. The Morgan fingerprint density at radius 1 is 1.19 bits per heavy atom. The molecule has 160 valence electrons. The lowest BCUT2D eigenvalue weighted by molar-refractivity contribution is 0.0105. The van der Waals surface area contributed by atoms with Crippen LogP contribution in [0.2, 0.25) is 0 Å². The van der Waals surface area contributed by atoms with Gasteiger partial charge in [0.25, 0.3) is 0 Å². The normalized spacial score (nSPS) is 15.1. The van der Waals surface area contributed by atoms with Crippen LogP contribution in [0.25, 0.3) is 17.2 Å². The number of rotatable bonds is 5. The summed E-state index contributed by atoms with van der Waals surface area (Å²) in [5.41, 5.74) is 4.98. The van der Waals surface area contributed by atoms with Crippen molar-refractivity contribution in [3.05, 3.63) is 81.9 Å². The van der Waals surface area contributed by atoms with Crippen LogP contribution in [0.1, 0.15) is 17.5 Å². The van der Waals surface area contributed by atoms with Crippen molar-refractivity contribution in [1.29, 1.82) is 10.7 Å². The summed E-state index contributed by atoms with van der Waals surface area (Å²) in [5.74, 6) is 0.0996. The van der Waals surface area contributed by atoms with E-state index in [-0.39, 0.29) is 12.4 Å². The van der Waals surface area contributed by atoms with E-state index >= 15 is 0 Å². The average molecular weight is 426 g/mol. The zero-order valence-electron chi connectivity index (χ0n) is 17.5. The minimum Gasteiger partial charge on any atom is -0.396 e. The van der Waals surface area contributed by atoms with Crippen molar-refractivity contribution in [2.45, 2.75) is 19.9 Å². The van der Waals surface area contributed by atoms with Gasteiger partial charge < -0.3 is 9.67 Å². The van der Waals surface area contributed by atoms with Crippen LogP contribution in [-0.4, -0.2) is 38.7 Å². The number of hydrogen-bond acceptors (Lipinski definition) is 6. The lowest BCUT2D eigenvalue weighted by Gasteiger charge is -2.11. The Hall–Kier alpha value is -4.06. The van der Waals surface area contributed by atoms with Gasteiger partial charge in [0.1, 0.15) is 11.8 Å². The molecule has 0 spiro atoms. The number of aliphatic hydroxyl groups is 1. The minimum atomic E-state index is 0.00179. The van der Waals surface area contributed by atoms with Gasteiger partial charge in [-0.25, -0.2) is 15.0 Å². The van der Waals surface area contributed by atoms with Crippen LogP contribution in [-0.2, 0) is 6.54 Å². The van der Waals surface area contributed by atoms with Gasteiger partial charge >= 0.3 is 0 Å². The van der Waals surface area contributed by atoms with Gasteiger partial charge in [0.15, 0.2) is 5.84 Å². The molecule has 0 bridgehead atoms. The fraction of sp³-hybridized carbons (Fsp3) is 0.167. The van der Waals surface area contributed by atoms with E-state index in [9.17, 15) is 15.6 Å². The summed E-state index contributed by atoms with van der Waals surface area (Å²) in [6.45, 7) is 2.47. The van der Waals surface area contributed by atoms with Crippen molar-refractivity contribution < 1.29 is 10.3 Å². The van der Waals surface area contributed by atoms with E-state index in [0.717, 1.165) is 21.8 Å². The molecule has 8 nitrogen and oxygen atoms in total. The molecule has 1 aromatic heterocycles. The van der Waals surface area contributed by atoms with Crippen LogP contribution in [0.3, 0.4) is 0 Å². The molecule has 2 aliphatic heterocycles. The first-order valence-corrected chi connectivity index (χ1v) is 10.1. The number of aryl methyl sites for hydroxylation is 1. The molecule has 2 aliphatic rings. The average Bonchev–Trinajstić information content (AvgIpc) is 3.11. The zero-order valence-corrected chi connectivity index (χ0v) is 17.5. The highest BCUT2D eigenvalue weighted by molar-refractivity contribution is 6.07. The molecule has 2 aromatic rings. The summed E-state index contributed by atoms with van der Waals surface area (Å²) in [6, 6.07) is 10.2. The molecule has 0 aliphatic carbocycles. The second-order valence-corrected chi connectivity index (χ2v) is 7.41. The lowest BCUT2D eigenvalue weighted by atomic mass is 9.99. The Bertz CT molecular complexity index is 1340. The molecule has 0 atom stereocenters. The van der Waals surface area contributed by atoms with Crippen molar-refractivity contribution in [3.63, 3.8) is 0 Å². The van der Waals surface area contributed by atoms with E-state index in [0.29, 0.717) is 40.5 Å². The maximum absolute atomic E-state index is 9.90. The number of aromatic nitrogens is 1. The van der Waals surface area contributed by atoms with Crippen LogP contribution in [0.4, 0.5) is 0 Å². The Kier molecular flexibility index (Phi) is 5.94. The largest absolute Gasteiger partial charge is 0.396 e. The molecular formula is C24H22N6O2. The van der Waals surface area contributed by atoms with Gasteiger partial charge in [-0.1, -0.05) is 29.8 Å². The SMILES string of the molecule is Cc1ccc(-c2c3c(n(CCCO)c2=CC(C#N)=C2C=CN(O)C=C2)=NC=NC3=N)cc1. The van der Waals surface area contributed by atoms with Gasteiger partial charge in [0, 0.05) is 31.1 Å². The summed E-state index contributed by atoms with van der Waals surface area (Å²) in [6.07, 6.45) is 9.83. The number of hydrogen-bond donors (Lipinski definition) is 3. The number of benzene rings is 1. The molecule has 0 radical (unpaired) electrons. The quantitative estimate of drug-likeness (QED) is 0.635. The number of nitrogens with zero attached hydrogens (tertiary/aromatic N) is 5.